The van der Waals surface area contributed by atoms with Gasteiger partial charge in [0.05, 0.1) is 83.8 Å². The molecule has 1 aliphatic rings. The van der Waals surface area contributed by atoms with Crippen LogP contribution in [0.2, 0.25) is 0 Å². The second kappa shape index (κ2) is 35.6. The number of rotatable bonds is 9. The average Bonchev–Trinajstić information content (AvgIpc) is 1.67. The van der Waals surface area contributed by atoms with Crippen molar-refractivity contribution in [3.05, 3.63) is 334 Å². The van der Waals surface area contributed by atoms with E-state index in [0.717, 1.165) is 158 Å². The van der Waals surface area contributed by atoms with Crippen molar-refractivity contribution >= 4 is 184 Å². The first-order chi connectivity index (χ1) is 56.0. The van der Waals surface area contributed by atoms with Crippen molar-refractivity contribution in [1.82, 2.24) is 44.9 Å². The molecule has 18 aromatic rings. The zero-order chi connectivity index (χ0) is 81.2. The molecular weight excluding hydrogens is 1640 g/mol. The number of hydrogen-bond acceptors (Lipinski definition) is 17. The third-order valence-corrected chi connectivity index (χ3v) is 21.3. The molecule has 0 bridgehead atoms. The fraction of sp³-hybridized carbons (Fsp3) is 0.0851. The summed E-state index contributed by atoms with van der Waals surface area (Å²) in [6.07, 6.45) is 7.92. The Morgan fingerprint density at radius 2 is 0.819 bits per heavy atom. The van der Waals surface area contributed by atoms with Gasteiger partial charge in [0.25, 0.3) is 0 Å². The van der Waals surface area contributed by atoms with Crippen LogP contribution in [0.5, 0.6) is 0 Å². The zero-order valence-corrected chi connectivity index (χ0v) is 68.5. The summed E-state index contributed by atoms with van der Waals surface area (Å²) in [5.41, 5.74) is 23.3. The number of pyridine rings is 9. The number of nitrogens with zero attached hydrogens (tertiary/aromatic N) is 9. The Hall–Kier alpha value is -12.4. The van der Waals surface area contributed by atoms with Gasteiger partial charge in [-0.3, -0.25) is 34.3 Å². The van der Waals surface area contributed by atoms with E-state index in [1.54, 1.807) is 61.9 Å². The van der Waals surface area contributed by atoms with E-state index in [2.05, 4.69) is 210 Å². The molecule has 4 N–H and O–H groups in total. The fourth-order valence-corrected chi connectivity index (χ4v) is 14.0. The molecule has 1 aliphatic heterocycles. The lowest BCUT2D eigenvalue weighted by molar-refractivity contribution is 0.00578. The number of halogens is 3. The van der Waals surface area contributed by atoms with Crippen LogP contribution in [0, 0.1) is 0 Å². The molecule has 0 amide bonds. The molecule has 19 rings (SSSR count). The van der Waals surface area contributed by atoms with Crippen LogP contribution in [0.25, 0.3) is 132 Å². The minimum Gasteiger partial charge on any atom is -0.423 e. The standard InChI is InChI=1S/C27H16BrN3.C20H21BN2O2.C20H14N2O.C12H7BrN2.C8H9BO3.C7H6BrNO/c28-22-10-13-24-21(16-22)9-12-23(30-24)19-3-1-4-20(15-19)25-11-8-18-7-6-17-5-2-14-29-26(17)27(18)31-25;1-19(2)20(3,4)25-21(24-19)15-9-11-16-14(13-15)8-10-18(23-16)17-7-5-6-12-22-17;1-13(23)16-4-2-5-17(12-16)18-10-9-15-8-7-14-6-3-11-21-19(14)20(15)22-18;13-10-6-5-9-4-3-8-2-1-7-14-11(8)12(9)15-10;1-6(10)7-3-2-4-8(5-7)9(11)12;8-6-1-2-7(9)5(3-6)4-10/h1-16H;5-13H,1-4H3;2-12H,1H3;1-7H;2-5,11-12H,1H3;1-4H,9H2. The number of fused-ring (bicyclic) bond motifs is 11. The van der Waals surface area contributed by atoms with Gasteiger partial charge >= 0.3 is 14.2 Å². The summed E-state index contributed by atoms with van der Waals surface area (Å²) < 4.78 is 15.0. The number of hydrogen-bond donors (Lipinski definition) is 3. The number of carbonyl (C=O) groups excluding carboxylic acids is 3. The van der Waals surface area contributed by atoms with E-state index < -0.39 is 7.12 Å². The molecule has 17 nitrogen and oxygen atoms in total. The topological polar surface area (TPSA) is 252 Å². The van der Waals surface area contributed by atoms with Gasteiger partial charge in [-0.15, -0.1) is 0 Å². The Morgan fingerprint density at radius 3 is 1.34 bits per heavy atom. The molecular formula is C94H73B2Br3N10O7. The van der Waals surface area contributed by atoms with E-state index in [1.807, 2.05) is 134 Å². The number of nitrogens with two attached hydrogens (primary N) is 1. The minimum atomic E-state index is -1.51. The van der Waals surface area contributed by atoms with E-state index in [-0.39, 0.29) is 29.9 Å². The maximum atomic E-state index is 11.6. The zero-order valence-electron chi connectivity index (χ0n) is 63.8. The Bertz CT molecular complexity index is 6730. The number of benzene rings is 9. The van der Waals surface area contributed by atoms with E-state index >= 15 is 0 Å². The lowest BCUT2D eigenvalue weighted by Crippen LogP contribution is -2.41. The highest BCUT2D eigenvalue weighted by atomic mass is 79.9. The minimum absolute atomic E-state index is 0.0553. The Balaban J connectivity index is 0.000000119. The smallest absolute Gasteiger partial charge is 0.423 e. The Labute approximate surface area is 694 Å². The van der Waals surface area contributed by atoms with Gasteiger partial charge in [-0.2, -0.15) is 0 Å². The Kier molecular flexibility index (Phi) is 24.6. The lowest BCUT2D eigenvalue weighted by atomic mass is 9.78. The molecule has 0 saturated carbocycles. The summed E-state index contributed by atoms with van der Waals surface area (Å²) in [5, 5.41) is 26.3. The van der Waals surface area contributed by atoms with Gasteiger partial charge < -0.3 is 25.1 Å². The van der Waals surface area contributed by atoms with E-state index in [0.29, 0.717) is 27.8 Å². The highest BCUT2D eigenvalue weighted by Crippen LogP contribution is 2.38. The number of aldehydes is 1. The van der Waals surface area contributed by atoms with Crippen molar-refractivity contribution in [2.24, 2.45) is 0 Å². The number of ketones is 2. The molecule has 0 radical (unpaired) electrons. The molecule has 9 aromatic heterocycles. The summed E-state index contributed by atoms with van der Waals surface area (Å²) in [4.78, 5) is 74.3. The number of aromatic nitrogens is 9. The molecule has 116 heavy (non-hydrogen) atoms. The van der Waals surface area contributed by atoms with Gasteiger partial charge in [0.15, 0.2) is 17.9 Å². The summed E-state index contributed by atoms with van der Waals surface area (Å²) in [6.45, 7) is 11.3. The molecule has 568 valence electrons. The second-order valence-corrected chi connectivity index (χ2v) is 31.0. The second-order valence-electron chi connectivity index (χ2n) is 28.3. The maximum Gasteiger partial charge on any atom is 0.494 e. The molecule has 0 spiro atoms. The molecule has 1 fully saturated rings. The predicted octanol–water partition coefficient (Wildman–Crippen LogP) is 20.6. The molecule has 0 atom stereocenters. The third-order valence-electron chi connectivity index (χ3n) is 19.9. The highest BCUT2D eigenvalue weighted by Gasteiger charge is 2.51. The summed E-state index contributed by atoms with van der Waals surface area (Å²) >= 11 is 10.1. The normalized spacial score (nSPS) is 12.5. The van der Waals surface area contributed by atoms with Crippen LogP contribution in [-0.2, 0) is 9.31 Å². The van der Waals surface area contributed by atoms with Crippen LogP contribution in [0.4, 0.5) is 5.69 Å². The SMILES string of the molecule is Brc1ccc2ccc3cccnc3c2n1.Brc1ccc2nc(-c3cccc(-c4ccc5ccc6cccnc6c5n4)c3)ccc2c1.CC(=O)c1cccc(-c2ccc3ccc4cccnc4c3n2)c1.CC(=O)c1cccc(B(O)O)c1.CC1(C)OB(c2ccc3nc(-c4ccccn4)ccc3c2)OC1(C)C.Nc1ccc(Br)cc1C=O. The first-order valence-corrected chi connectivity index (χ1v) is 39.4. The van der Waals surface area contributed by atoms with Crippen LogP contribution >= 0.6 is 47.8 Å². The van der Waals surface area contributed by atoms with E-state index in [4.69, 9.17) is 45.0 Å². The molecule has 9 aromatic carbocycles. The molecule has 22 heteroatoms. The first-order valence-electron chi connectivity index (χ1n) is 37.0. The van der Waals surface area contributed by atoms with Gasteiger partial charge in [0.2, 0.25) is 0 Å². The highest BCUT2D eigenvalue weighted by molar-refractivity contribution is 9.11. The maximum absolute atomic E-state index is 11.6. The first kappa shape index (κ1) is 80.2. The average molecular weight is 1720 g/mol. The van der Waals surface area contributed by atoms with E-state index in [1.165, 1.54) is 13.0 Å². The van der Waals surface area contributed by atoms with Crippen molar-refractivity contribution in [2.75, 3.05) is 5.73 Å². The summed E-state index contributed by atoms with van der Waals surface area (Å²) in [7, 11) is -1.87. The Morgan fingerprint density at radius 1 is 0.388 bits per heavy atom. The third kappa shape index (κ3) is 18.7. The number of carbonyl (C=O) groups is 3. The van der Waals surface area contributed by atoms with Crippen molar-refractivity contribution in [2.45, 2.75) is 52.7 Å². The monoisotopic (exact) mass is 1710 g/mol. The number of Topliss-reactive ketones (excluding diaryl/α,β-unsaturated/α-hetero) is 2. The predicted molar refractivity (Wildman–Crippen MR) is 479 cm³/mol. The summed E-state index contributed by atoms with van der Waals surface area (Å²) in [5.74, 6) is -0.0303. The van der Waals surface area contributed by atoms with Gasteiger partial charge in [-0.25, -0.2) is 24.9 Å². The number of anilines is 1. The largest absolute Gasteiger partial charge is 0.494 e. The van der Waals surface area contributed by atoms with Crippen LogP contribution < -0.4 is 16.7 Å². The van der Waals surface area contributed by atoms with Crippen LogP contribution in [-0.4, -0.2) is 98.2 Å². The van der Waals surface area contributed by atoms with Crippen molar-refractivity contribution < 1.29 is 33.7 Å². The van der Waals surface area contributed by atoms with Crippen LogP contribution in [0.15, 0.2) is 317 Å². The summed E-state index contributed by atoms with van der Waals surface area (Å²) in [6, 6.07) is 90.4. The lowest BCUT2D eigenvalue weighted by Gasteiger charge is -2.32. The van der Waals surface area contributed by atoms with Crippen LogP contribution in [0.1, 0.15) is 72.6 Å². The fourth-order valence-electron chi connectivity index (χ4n) is 13.0. The van der Waals surface area contributed by atoms with Crippen LogP contribution in [0.3, 0.4) is 0 Å². The van der Waals surface area contributed by atoms with Crippen molar-refractivity contribution in [3.8, 4) is 45.2 Å². The molecule has 1 saturated heterocycles. The van der Waals surface area contributed by atoms with Gasteiger partial charge in [0, 0.05) is 111 Å². The van der Waals surface area contributed by atoms with Gasteiger partial charge in [-0.05, 0) is 189 Å². The van der Waals surface area contributed by atoms with Crippen molar-refractivity contribution in [1.29, 1.82) is 0 Å². The van der Waals surface area contributed by atoms with E-state index in [9.17, 15) is 14.4 Å². The van der Waals surface area contributed by atoms with Gasteiger partial charge in [-0.1, -0.05) is 196 Å². The molecule has 0 aliphatic carbocycles. The molecule has 10 heterocycles. The quantitative estimate of drug-likeness (QED) is 0.0303. The van der Waals surface area contributed by atoms with Crippen molar-refractivity contribution in [3.63, 3.8) is 0 Å². The molecule has 0 unspecified atom stereocenters. The number of nitrogen functional groups attached to an aromatic ring is 1. The van der Waals surface area contributed by atoms with Gasteiger partial charge in [0.1, 0.15) is 4.60 Å².